The summed E-state index contributed by atoms with van der Waals surface area (Å²) >= 11 is 5.78. The fourth-order valence-corrected chi connectivity index (χ4v) is 1.39. The minimum Gasteiger partial charge on any atom is -0.396 e. The molecule has 0 bridgehead atoms. The van der Waals surface area contributed by atoms with Gasteiger partial charge in [-0.2, -0.15) is 0 Å². The molecule has 3 N–H and O–H groups in total. The highest BCUT2D eigenvalue weighted by Crippen LogP contribution is 2.15. The lowest BCUT2D eigenvalue weighted by Gasteiger charge is -2.13. The maximum Gasteiger partial charge on any atom is 0.319 e. The van der Waals surface area contributed by atoms with Gasteiger partial charge in [0.15, 0.2) is 0 Å². The van der Waals surface area contributed by atoms with E-state index in [2.05, 4.69) is 15.6 Å². The molecule has 5 nitrogen and oxygen atoms in total. The Morgan fingerprint density at radius 2 is 2.35 bits per heavy atom. The number of rotatable bonds is 4. The zero-order chi connectivity index (χ0) is 12.8. The number of urea groups is 1. The van der Waals surface area contributed by atoms with Gasteiger partial charge in [-0.25, -0.2) is 9.78 Å². The highest BCUT2D eigenvalue weighted by Gasteiger charge is 2.07. The number of carbonyl (C=O) groups is 1. The summed E-state index contributed by atoms with van der Waals surface area (Å²) in [6.45, 7) is 3.68. The third-order valence-electron chi connectivity index (χ3n) is 2.21. The van der Waals surface area contributed by atoms with Crippen LogP contribution in [0.5, 0.6) is 0 Å². The van der Waals surface area contributed by atoms with Crippen LogP contribution in [0.1, 0.15) is 18.9 Å². The van der Waals surface area contributed by atoms with Crippen molar-refractivity contribution in [3.63, 3.8) is 0 Å². The average Bonchev–Trinajstić information content (AvgIpc) is 2.23. The second kappa shape index (κ2) is 6.42. The van der Waals surface area contributed by atoms with Crippen LogP contribution < -0.4 is 10.6 Å². The number of nitrogens with zero attached hydrogens (tertiary/aromatic N) is 1. The number of aliphatic hydroxyl groups is 1. The molecule has 0 unspecified atom stereocenters. The molecule has 1 heterocycles. The number of carbonyl (C=O) groups excluding carboxylic acids is 1. The van der Waals surface area contributed by atoms with E-state index in [1.807, 2.05) is 13.8 Å². The van der Waals surface area contributed by atoms with Crippen LogP contribution in [0.25, 0.3) is 0 Å². The summed E-state index contributed by atoms with van der Waals surface area (Å²) in [6.07, 6.45) is 2.01. The predicted octanol–water partition coefficient (Wildman–Crippen LogP) is 1.94. The highest BCUT2D eigenvalue weighted by molar-refractivity contribution is 6.30. The first-order valence-electron chi connectivity index (χ1n) is 5.33. The molecule has 0 saturated carbocycles. The lowest BCUT2D eigenvalue weighted by Crippen LogP contribution is -2.36. The quantitative estimate of drug-likeness (QED) is 0.722. The van der Waals surface area contributed by atoms with Crippen molar-refractivity contribution >= 4 is 23.3 Å². The number of aromatic nitrogens is 1. The van der Waals surface area contributed by atoms with Gasteiger partial charge in [0.2, 0.25) is 0 Å². The van der Waals surface area contributed by atoms with Gasteiger partial charge in [0.25, 0.3) is 0 Å². The molecule has 6 heteroatoms. The van der Waals surface area contributed by atoms with Gasteiger partial charge in [-0.05, 0) is 31.9 Å². The standard InChI is InChI=1S/C11H16ClN3O2/c1-7-5-9(6-13-10(7)12)15-11(17)14-8(2)3-4-16/h5-6,8,16H,3-4H2,1-2H3,(H2,14,15,17)/t8-/m1/s1. The summed E-state index contributed by atoms with van der Waals surface area (Å²) in [5.41, 5.74) is 1.38. The van der Waals surface area contributed by atoms with Gasteiger partial charge in [-0.3, -0.25) is 0 Å². The van der Waals surface area contributed by atoms with Gasteiger partial charge in [0.05, 0.1) is 11.9 Å². The Bertz CT molecular complexity index is 398. The SMILES string of the molecule is Cc1cc(NC(=O)N[C@H](C)CCO)cnc1Cl. The van der Waals surface area contributed by atoms with E-state index in [4.69, 9.17) is 16.7 Å². The second-order valence-electron chi connectivity index (χ2n) is 3.84. The first-order valence-corrected chi connectivity index (χ1v) is 5.71. The maximum atomic E-state index is 11.5. The molecule has 0 aliphatic heterocycles. The van der Waals surface area contributed by atoms with Crippen molar-refractivity contribution in [2.45, 2.75) is 26.3 Å². The zero-order valence-corrected chi connectivity index (χ0v) is 10.6. The van der Waals surface area contributed by atoms with Crippen molar-refractivity contribution in [2.24, 2.45) is 0 Å². The van der Waals surface area contributed by atoms with E-state index in [-0.39, 0.29) is 18.7 Å². The monoisotopic (exact) mass is 257 g/mol. The first-order chi connectivity index (χ1) is 8.02. The number of aryl methyl sites for hydroxylation is 1. The van der Waals surface area contributed by atoms with Gasteiger partial charge in [0, 0.05) is 12.6 Å². The van der Waals surface area contributed by atoms with Crippen LogP contribution in [0.4, 0.5) is 10.5 Å². The van der Waals surface area contributed by atoms with Crippen LogP contribution >= 0.6 is 11.6 Å². The van der Waals surface area contributed by atoms with E-state index >= 15 is 0 Å². The molecule has 0 radical (unpaired) electrons. The number of anilines is 1. The van der Waals surface area contributed by atoms with Crippen molar-refractivity contribution in [3.8, 4) is 0 Å². The molecule has 0 spiro atoms. The Balaban J connectivity index is 2.53. The Kier molecular flexibility index (Phi) is 5.18. The molecule has 0 aliphatic rings. The van der Waals surface area contributed by atoms with Gasteiger partial charge >= 0.3 is 6.03 Å². The molecule has 17 heavy (non-hydrogen) atoms. The van der Waals surface area contributed by atoms with Gasteiger partial charge in [0.1, 0.15) is 5.15 Å². The number of hydrogen-bond acceptors (Lipinski definition) is 3. The van der Waals surface area contributed by atoms with Crippen molar-refractivity contribution in [1.29, 1.82) is 0 Å². The summed E-state index contributed by atoms with van der Waals surface area (Å²) in [5.74, 6) is 0. The number of pyridine rings is 1. The third-order valence-corrected chi connectivity index (χ3v) is 2.61. The predicted molar refractivity (Wildman–Crippen MR) is 67.3 cm³/mol. The Morgan fingerprint density at radius 1 is 1.65 bits per heavy atom. The molecule has 1 rings (SSSR count). The van der Waals surface area contributed by atoms with Gasteiger partial charge in [-0.15, -0.1) is 0 Å². The van der Waals surface area contributed by atoms with Crippen LogP contribution in [0, 0.1) is 6.92 Å². The molecule has 1 atom stereocenters. The average molecular weight is 258 g/mol. The van der Waals surface area contributed by atoms with Crippen LogP contribution in [0.15, 0.2) is 12.3 Å². The maximum absolute atomic E-state index is 11.5. The van der Waals surface area contributed by atoms with Crippen LogP contribution in [0.3, 0.4) is 0 Å². The van der Waals surface area contributed by atoms with Crippen LogP contribution in [0.2, 0.25) is 5.15 Å². The largest absolute Gasteiger partial charge is 0.396 e. The number of aliphatic hydroxyl groups excluding tert-OH is 1. The highest BCUT2D eigenvalue weighted by atomic mass is 35.5. The Morgan fingerprint density at radius 3 is 2.94 bits per heavy atom. The number of amides is 2. The molecule has 94 valence electrons. The van der Waals surface area contributed by atoms with Gasteiger partial charge < -0.3 is 15.7 Å². The van der Waals surface area contributed by atoms with Crippen molar-refractivity contribution in [1.82, 2.24) is 10.3 Å². The lowest BCUT2D eigenvalue weighted by molar-refractivity contribution is 0.241. The summed E-state index contributed by atoms with van der Waals surface area (Å²) in [5, 5.41) is 14.5. The number of halogens is 1. The molecule has 0 fully saturated rings. The van der Waals surface area contributed by atoms with E-state index in [9.17, 15) is 4.79 Å². The molecule has 1 aromatic heterocycles. The van der Waals surface area contributed by atoms with E-state index in [0.29, 0.717) is 17.3 Å². The van der Waals surface area contributed by atoms with E-state index in [0.717, 1.165) is 5.56 Å². The summed E-state index contributed by atoms with van der Waals surface area (Å²) < 4.78 is 0. The van der Waals surface area contributed by atoms with Crippen LogP contribution in [-0.2, 0) is 0 Å². The zero-order valence-electron chi connectivity index (χ0n) is 9.83. The van der Waals surface area contributed by atoms with Crippen molar-refractivity contribution in [2.75, 3.05) is 11.9 Å². The second-order valence-corrected chi connectivity index (χ2v) is 4.20. The van der Waals surface area contributed by atoms with Crippen LogP contribution in [-0.4, -0.2) is 28.8 Å². The fraction of sp³-hybridized carbons (Fsp3) is 0.455. The minimum atomic E-state index is -0.325. The van der Waals surface area contributed by atoms with Crippen molar-refractivity contribution < 1.29 is 9.90 Å². The Hall–Kier alpha value is -1.33. The Labute approximate surface area is 105 Å². The topological polar surface area (TPSA) is 74.2 Å². The molecule has 1 aromatic rings. The normalized spacial score (nSPS) is 12.0. The number of nitrogens with one attached hydrogen (secondary N) is 2. The molecule has 0 aliphatic carbocycles. The summed E-state index contributed by atoms with van der Waals surface area (Å²) in [4.78, 5) is 15.5. The third kappa shape index (κ3) is 4.58. The molecule has 2 amide bonds. The summed E-state index contributed by atoms with van der Waals surface area (Å²) in [7, 11) is 0. The number of hydrogen-bond donors (Lipinski definition) is 3. The molecule has 0 aromatic carbocycles. The lowest BCUT2D eigenvalue weighted by atomic mass is 10.2. The van der Waals surface area contributed by atoms with E-state index in [1.54, 1.807) is 6.07 Å². The smallest absolute Gasteiger partial charge is 0.319 e. The molecule has 0 saturated heterocycles. The van der Waals surface area contributed by atoms with E-state index < -0.39 is 0 Å². The van der Waals surface area contributed by atoms with Gasteiger partial charge in [-0.1, -0.05) is 11.6 Å². The molecular weight excluding hydrogens is 242 g/mol. The minimum absolute atomic E-state index is 0.0447. The summed E-state index contributed by atoms with van der Waals surface area (Å²) in [6, 6.07) is 1.34. The fourth-order valence-electron chi connectivity index (χ4n) is 1.28. The molecular formula is C11H16ClN3O2. The van der Waals surface area contributed by atoms with E-state index in [1.165, 1.54) is 6.20 Å². The van der Waals surface area contributed by atoms with Crippen molar-refractivity contribution in [3.05, 3.63) is 23.0 Å². The first kappa shape index (κ1) is 13.7.